The number of allylic oxidation sites excluding steroid dienone is 2. The van der Waals surface area contributed by atoms with Gasteiger partial charge < -0.3 is 15.3 Å². The van der Waals surface area contributed by atoms with Gasteiger partial charge in [0.25, 0.3) is 0 Å². The summed E-state index contributed by atoms with van der Waals surface area (Å²) in [6.07, 6.45) is 18.0. The van der Waals surface area contributed by atoms with Crippen molar-refractivity contribution in [3.05, 3.63) is 12.2 Å². The number of aliphatic hydroxyl groups excluding tert-OH is 3. The third-order valence-electron chi connectivity index (χ3n) is 3.81. The van der Waals surface area contributed by atoms with E-state index in [1.54, 1.807) is 0 Å². The minimum absolute atomic E-state index is 0.151. The standard InChI is InChI=1S/C18H36O3/c19-16-12-8-4-1-2-6-10-14-18(21)15-11-7-3-5-9-13-17-20/h2,6,18-21H,1,3-5,7-17H2. The number of unbranched alkanes of at least 4 members (excludes halogenated alkanes) is 8. The molecule has 0 aliphatic rings. The third kappa shape index (κ3) is 17.6. The van der Waals surface area contributed by atoms with E-state index in [-0.39, 0.29) is 6.10 Å². The highest BCUT2D eigenvalue weighted by molar-refractivity contribution is 4.82. The molecule has 0 aliphatic carbocycles. The van der Waals surface area contributed by atoms with Crippen molar-refractivity contribution in [1.82, 2.24) is 0 Å². The Balaban J connectivity index is 3.22. The van der Waals surface area contributed by atoms with Gasteiger partial charge in [-0.1, -0.05) is 50.7 Å². The van der Waals surface area contributed by atoms with Crippen molar-refractivity contribution in [2.45, 2.75) is 89.6 Å². The molecule has 0 rings (SSSR count). The smallest absolute Gasteiger partial charge is 0.0543 e. The molecule has 0 heterocycles. The molecular formula is C18H36O3. The van der Waals surface area contributed by atoms with Crippen LogP contribution in [0.5, 0.6) is 0 Å². The summed E-state index contributed by atoms with van der Waals surface area (Å²) < 4.78 is 0. The minimum atomic E-state index is -0.151. The molecule has 1 atom stereocenters. The van der Waals surface area contributed by atoms with Crippen LogP contribution in [0.3, 0.4) is 0 Å². The first-order valence-electron chi connectivity index (χ1n) is 8.86. The van der Waals surface area contributed by atoms with Crippen molar-refractivity contribution in [3.8, 4) is 0 Å². The van der Waals surface area contributed by atoms with Gasteiger partial charge in [0.15, 0.2) is 0 Å². The molecule has 0 aromatic carbocycles. The first-order chi connectivity index (χ1) is 10.3. The van der Waals surface area contributed by atoms with Gasteiger partial charge >= 0.3 is 0 Å². The molecule has 126 valence electrons. The molecule has 0 saturated heterocycles. The molecule has 3 heteroatoms. The first-order valence-corrected chi connectivity index (χ1v) is 8.86. The van der Waals surface area contributed by atoms with Gasteiger partial charge in [-0.15, -0.1) is 0 Å². The van der Waals surface area contributed by atoms with Crippen LogP contribution in [0.1, 0.15) is 83.5 Å². The SMILES string of the molecule is OCCCCCC=CCCC(O)CCCCCCCCO. The van der Waals surface area contributed by atoms with Crippen LogP contribution in [-0.4, -0.2) is 34.6 Å². The van der Waals surface area contributed by atoms with Crippen LogP contribution in [0, 0.1) is 0 Å². The van der Waals surface area contributed by atoms with Gasteiger partial charge in [-0.3, -0.25) is 0 Å². The molecule has 0 aromatic rings. The molecule has 3 N–H and O–H groups in total. The molecule has 0 radical (unpaired) electrons. The maximum Gasteiger partial charge on any atom is 0.0543 e. The Labute approximate surface area is 131 Å². The van der Waals surface area contributed by atoms with Gasteiger partial charge in [-0.2, -0.15) is 0 Å². The fourth-order valence-corrected chi connectivity index (χ4v) is 2.42. The molecule has 1 unspecified atom stereocenters. The second-order valence-corrected chi connectivity index (χ2v) is 5.91. The fourth-order valence-electron chi connectivity index (χ4n) is 2.42. The summed E-state index contributed by atoms with van der Waals surface area (Å²) in [7, 11) is 0. The van der Waals surface area contributed by atoms with Crippen molar-refractivity contribution >= 4 is 0 Å². The Kier molecular flexibility index (Phi) is 17.4. The van der Waals surface area contributed by atoms with Gasteiger partial charge in [0.05, 0.1) is 6.10 Å². The Morgan fingerprint density at radius 3 is 1.76 bits per heavy atom. The van der Waals surface area contributed by atoms with E-state index in [1.165, 1.54) is 19.3 Å². The van der Waals surface area contributed by atoms with Crippen LogP contribution in [-0.2, 0) is 0 Å². The van der Waals surface area contributed by atoms with E-state index in [1.807, 2.05) is 0 Å². The van der Waals surface area contributed by atoms with E-state index in [0.29, 0.717) is 13.2 Å². The van der Waals surface area contributed by atoms with Crippen molar-refractivity contribution in [1.29, 1.82) is 0 Å². The summed E-state index contributed by atoms with van der Waals surface area (Å²) in [4.78, 5) is 0. The maximum atomic E-state index is 9.87. The predicted octanol–water partition coefficient (Wildman–Crippen LogP) is 3.96. The third-order valence-corrected chi connectivity index (χ3v) is 3.81. The Morgan fingerprint density at radius 2 is 1.10 bits per heavy atom. The van der Waals surface area contributed by atoms with Gasteiger partial charge in [0.2, 0.25) is 0 Å². The molecule has 0 aliphatic heterocycles. The zero-order valence-corrected chi connectivity index (χ0v) is 13.7. The van der Waals surface area contributed by atoms with E-state index in [2.05, 4.69) is 12.2 Å². The van der Waals surface area contributed by atoms with Crippen LogP contribution in [0.4, 0.5) is 0 Å². The van der Waals surface area contributed by atoms with E-state index in [0.717, 1.165) is 64.2 Å². The summed E-state index contributed by atoms with van der Waals surface area (Å²) in [6, 6.07) is 0. The van der Waals surface area contributed by atoms with Crippen LogP contribution >= 0.6 is 0 Å². The summed E-state index contributed by atoms with van der Waals surface area (Å²) in [5.41, 5.74) is 0. The van der Waals surface area contributed by atoms with E-state index >= 15 is 0 Å². The molecule has 0 aromatic heterocycles. The average Bonchev–Trinajstić information content (AvgIpc) is 2.49. The van der Waals surface area contributed by atoms with Gasteiger partial charge in [-0.05, 0) is 44.9 Å². The normalized spacial score (nSPS) is 13.1. The quantitative estimate of drug-likeness (QED) is 0.299. The number of hydrogen-bond donors (Lipinski definition) is 3. The number of rotatable bonds is 16. The highest BCUT2D eigenvalue weighted by atomic mass is 16.3. The lowest BCUT2D eigenvalue weighted by molar-refractivity contribution is 0.152. The average molecular weight is 300 g/mol. The topological polar surface area (TPSA) is 60.7 Å². The lowest BCUT2D eigenvalue weighted by Crippen LogP contribution is -2.05. The maximum absolute atomic E-state index is 9.87. The first kappa shape index (κ1) is 20.6. The highest BCUT2D eigenvalue weighted by Crippen LogP contribution is 2.11. The molecule has 0 saturated carbocycles. The molecule has 0 spiro atoms. The van der Waals surface area contributed by atoms with Gasteiger partial charge in [-0.25, -0.2) is 0 Å². The van der Waals surface area contributed by atoms with E-state index in [9.17, 15) is 5.11 Å². The summed E-state index contributed by atoms with van der Waals surface area (Å²) in [5.74, 6) is 0. The number of hydrogen-bond acceptors (Lipinski definition) is 3. The highest BCUT2D eigenvalue weighted by Gasteiger charge is 2.02. The van der Waals surface area contributed by atoms with Crippen LogP contribution in [0.2, 0.25) is 0 Å². The Morgan fingerprint density at radius 1 is 0.571 bits per heavy atom. The van der Waals surface area contributed by atoms with Gasteiger partial charge in [0, 0.05) is 13.2 Å². The van der Waals surface area contributed by atoms with Crippen molar-refractivity contribution in [3.63, 3.8) is 0 Å². The second-order valence-electron chi connectivity index (χ2n) is 5.91. The van der Waals surface area contributed by atoms with Crippen LogP contribution < -0.4 is 0 Å². The molecule has 0 bridgehead atoms. The van der Waals surface area contributed by atoms with Crippen molar-refractivity contribution in [2.24, 2.45) is 0 Å². The number of aliphatic hydroxyl groups is 3. The lowest BCUT2D eigenvalue weighted by atomic mass is 10.0. The molecule has 0 fully saturated rings. The molecule has 21 heavy (non-hydrogen) atoms. The summed E-state index contributed by atoms with van der Waals surface area (Å²) >= 11 is 0. The van der Waals surface area contributed by atoms with E-state index < -0.39 is 0 Å². The fraction of sp³-hybridized carbons (Fsp3) is 0.889. The molecule has 0 amide bonds. The van der Waals surface area contributed by atoms with Crippen molar-refractivity contribution in [2.75, 3.05) is 13.2 Å². The predicted molar refractivity (Wildman–Crippen MR) is 89.3 cm³/mol. The molecule has 3 nitrogen and oxygen atoms in total. The van der Waals surface area contributed by atoms with E-state index in [4.69, 9.17) is 10.2 Å². The molecular weight excluding hydrogens is 264 g/mol. The van der Waals surface area contributed by atoms with Crippen LogP contribution in [0.15, 0.2) is 12.2 Å². The Hall–Kier alpha value is -0.380. The Bertz CT molecular complexity index is 217. The lowest BCUT2D eigenvalue weighted by Gasteiger charge is -2.08. The van der Waals surface area contributed by atoms with Crippen LogP contribution in [0.25, 0.3) is 0 Å². The second kappa shape index (κ2) is 17.7. The summed E-state index contributed by atoms with van der Waals surface area (Å²) in [5, 5.41) is 27.2. The monoisotopic (exact) mass is 300 g/mol. The zero-order chi connectivity index (χ0) is 15.6. The minimum Gasteiger partial charge on any atom is -0.396 e. The zero-order valence-electron chi connectivity index (χ0n) is 13.7. The van der Waals surface area contributed by atoms with Crippen molar-refractivity contribution < 1.29 is 15.3 Å². The van der Waals surface area contributed by atoms with Gasteiger partial charge in [0.1, 0.15) is 0 Å². The summed E-state index contributed by atoms with van der Waals surface area (Å²) in [6.45, 7) is 0.616. The largest absolute Gasteiger partial charge is 0.396 e.